The van der Waals surface area contributed by atoms with Crippen LogP contribution in [-0.2, 0) is 4.74 Å². The van der Waals surface area contributed by atoms with Crippen molar-refractivity contribution in [3.8, 4) is 0 Å². The summed E-state index contributed by atoms with van der Waals surface area (Å²) in [5.41, 5.74) is 1.32. The maximum absolute atomic E-state index is 11.9. The highest BCUT2D eigenvalue weighted by atomic mass is 16.5. The standard InChI is InChI=1S/C14H23N3O2/c1-11(2)5-8-19-9-7-17-14(18)12-10-16-6-4-13(12)15-3/h4,6,10-11H,5,7-9H2,1-3H3,(H,15,16)(H,17,18). The van der Waals surface area contributed by atoms with Crippen LogP contribution in [0, 0.1) is 5.92 Å². The lowest BCUT2D eigenvalue weighted by Gasteiger charge is -2.10. The molecule has 0 atom stereocenters. The second-order valence-electron chi connectivity index (χ2n) is 4.72. The molecule has 1 heterocycles. The summed E-state index contributed by atoms with van der Waals surface area (Å²) in [6.45, 7) is 6.10. The van der Waals surface area contributed by atoms with Crippen LogP contribution in [0.3, 0.4) is 0 Å². The van der Waals surface area contributed by atoms with E-state index in [1.54, 1.807) is 25.5 Å². The van der Waals surface area contributed by atoms with Crippen molar-refractivity contribution in [3.63, 3.8) is 0 Å². The average molecular weight is 265 g/mol. The molecule has 0 fully saturated rings. The Labute approximate surface area is 114 Å². The van der Waals surface area contributed by atoms with Crippen molar-refractivity contribution in [1.29, 1.82) is 0 Å². The summed E-state index contributed by atoms with van der Waals surface area (Å²) >= 11 is 0. The zero-order valence-corrected chi connectivity index (χ0v) is 11.9. The maximum Gasteiger partial charge on any atom is 0.255 e. The highest BCUT2D eigenvalue weighted by Crippen LogP contribution is 2.11. The van der Waals surface area contributed by atoms with Crippen LogP contribution < -0.4 is 10.6 Å². The minimum atomic E-state index is -0.134. The first kappa shape index (κ1) is 15.4. The van der Waals surface area contributed by atoms with E-state index in [9.17, 15) is 4.79 Å². The van der Waals surface area contributed by atoms with Gasteiger partial charge in [0.05, 0.1) is 12.2 Å². The van der Waals surface area contributed by atoms with E-state index in [2.05, 4.69) is 29.5 Å². The largest absolute Gasteiger partial charge is 0.387 e. The molecule has 0 bridgehead atoms. The normalized spacial score (nSPS) is 10.5. The van der Waals surface area contributed by atoms with E-state index >= 15 is 0 Å². The Morgan fingerprint density at radius 1 is 1.42 bits per heavy atom. The molecular weight excluding hydrogens is 242 g/mol. The lowest BCUT2D eigenvalue weighted by atomic mass is 10.1. The fourth-order valence-corrected chi connectivity index (χ4v) is 1.55. The van der Waals surface area contributed by atoms with Crippen LogP contribution >= 0.6 is 0 Å². The fourth-order valence-electron chi connectivity index (χ4n) is 1.55. The lowest BCUT2D eigenvalue weighted by molar-refractivity contribution is 0.0906. The van der Waals surface area contributed by atoms with Crippen LogP contribution in [-0.4, -0.2) is 37.7 Å². The van der Waals surface area contributed by atoms with Gasteiger partial charge < -0.3 is 15.4 Å². The zero-order valence-electron chi connectivity index (χ0n) is 11.9. The molecule has 0 saturated heterocycles. The van der Waals surface area contributed by atoms with Gasteiger partial charge in [0.15, 0.2) is 0 Å². The number of aromatic nitrogens is 1. The van der Waals surface area contributed by atoms with E-state index in [4.69, 9.17) is 4.74 Å². The molecule has 0 spiro atoms. The van der Waals surface area contributed by atoms with Crippen LogP contribution in [0.15, 0.2) is 18.5 Å². The molecular formula is C14H23N3O2. The molecule has 0 aliphatic heterocycles. The molecule has 19 heavy (non-hydrogen) atoms. The van der Waals surface area contributed by atoms with E-state index in [-0.39, 0.29) is 5.91 Å². The molecule has 5 heteroatoms. The third-order valence-electron chi connectivity index (χ3n) is 2.71. The van der Waals surface area contributed by atoms with Gasteiger partial charge in [-0.3, -0.25) is 9.78 Å². The molecule has 0 radical (unpaired) electrons. The molecule has 0 aromatic carbocycles. The predicted octanol–water partition coefficient (Wildman–Crippen LogP) is 1.92. The van der Waals surface area contributed by atoms with Crippen molar-refractivity contribution >= 4 is 11.6 Å². The summed E-state index contributed by atoms with van der Waals surface area (Å²) in [4.78, 5) is 15.9. The molecule has 0 aliphatic rings. The Kier molecular flexibility index (Phi) is 6.89. The van der Waals surface area contributed by atoms with Crippen LogP contribution in [0.25, 0.3) is 0 Å². The number of ether oxygens (including phenoxy) is 1. The molecule has 0 unspecified atom stereocenters. The van der Waals surface area contributed by atoms with E-state index in [1.165, 1.54) is 0 Å². The number of rotatable bonds is 8. The van der Waals surface area contributed by atoms with Gasteiger partial charge in [0, 0.05) is 38.3 Å². The molecule has 1 aromatic rings. The summed E-state index contributed by atoms with van der Waals surface area (Å²) in [7, 11) is 1.78. The van der Waals surface area contributed by atoms with Gasteiger partial charge in [-0.25, -0.2) is 0 Å². The van der Waals surface area contributed by atoms with Gasteiger partial charge in [-0.1, -0.05) is 13.8 Å². The van der Waals surface area contributed by atoms with Crippen LogP contribution in [0.4, 0.5) is 5.69 Å². The first-order valence-electron chi connectivity index (χ1n) is 6.63. The third-order valence-corrected chi connectivity index (χ3v) is 2.71. The van der Waals surface area contributed by atoms with Crippen molar-refractivity contribution in [3.05, 3.63) is 24.0 Å². The number of nitrogens with one attached hydrogen (secondary N) is 2. The number of carbonyl (C=O) groups excluding carboxylic acids is 1. The van der Waals surface area contributed by atoms with E-state index in [1.807, 2.05) is 0 Å². The van der Waals surface area contributed by atoms with Crippen LogP contribution in [0.5, 0.6) is 0 Å². The minimum absolute atomic E-state index is 0.134. The van der Waals surface area contributed by atoms with Crippen LogP contribution in [0.2, 0.25) is 0 Å². The monoisotopic (exact) mass is 265 g/mol. The number of hydrogen-bond acceptors (Lipinski definition) is 4. The molecule has 0 aliphatic carbocycles. The van der Waals surface area contributed by atoms with Gasteiger partial charge in [-0.2, -0.15) is 0 Å². The number of carbonyl (C=O) groups is 1. The quantitative estimate of drug-likeness (QED) is 0.705. The Hall–Kier alpha value is -1.62. The van der Waals surface area contributed by atoms with Gasteiger partial charge >= 0.3 is 0 Å². The van der Waals surface area contributed by atoms with Crippen molar-refractivity contribution in [2.45, 2.75) is 20.3 Å². The highest BCUT2D eigenvalue weighted by Gasteiger charge is 2.09. The first-order valence-corrected chi connectivity index (χ1v) is 6.63. The molecule has 5 nitrogen and oxygen atoms in total. The smallest absolute Gasteiger partial charge is 0.255 e. The molecule has 0 saturated carbocycles. The van der Waals surface area contributed by atoms with Crippen LogP contribution in [0.1, 0.15) is 30.6 Å². The van der Waals surface area contributed by atoms with E-state index < -0.39 is 0 Å². The molecule has 1 rings (SSSR count). The first-order chi connectivity index (χ1) is 9.15. The highest BCUT2D eigenvalue weighted by molar-refractivity contribution is 5.99. The molecule has 1 aromatic heterocycles. The van der Waals surface area contributed by atoms with Crippen molar-refractivity contribution in [2.75, 3.05) is 32.1 Å². The summed E-state index contributed by atoms with van der Waals surface area (Å²) in [6, 6.07) is 1.77. The van der Waals surface area contributed by atoms with Gasteiger partial charge in [-0.15, -0.1) is 0 Å². The Morgan fingerprint density at radius 3 is 2.89 bits per heavy atom. The second-order valence-corrected chi connectivity index (χ2v) is 4.72. The number of hydrogen-bond donors (Lipinski definition) is 2. The van der Waals surface area contributed by atoms with E-state index in [0.29, 0.717) is 24.6 Å². The predicted molar refractivity (Wildman–Crippen MR) is 76.4 cm³/mol. The summed E-state index contributed by atoms with van der Waals surface area (Å²) < 4.78 is 5.44. The van der Waals surface area contributed by atoms with Crippen molar-refractivity contribution in [2.24, 2.45) is 5.92 Å². The SMILES string of the molecule is CNc1ccncc1C(=O)NCCOCCC(C)C. The average Bonchev–Trinajstić information content (AvgIpc) is 2.42. The molecule has 2 N–H and O–H groups in total. The number of anilines is 1. The summed E-state index contributed by atoms with van der Waals surface area (Å²) in [5, 5.41) is 5.79. The van der Waals surface area contributed by atoms with Gasteiger partial charge in [0.2, 0.25) is 0 Å². The number of nitrogens with zero attached hydrogens (tertiary/aromatic N) is 1. The van der Waals surface area contributed by atoms with Gasteiger partial charge in [-0.05, 0) is 18.4 Å². The van der Waals surface area contributed by atoms with Crippen molar-refractivity contribution < 1.29 is 9.53 Å². The summed E-state index contributed by atoms with van der Waals surface area (Å²) in [6.07, 6.45) is 4.25. The second kappa shape index (κ2) is 8.48. The molecule has 106 valence electrons. The number of pyridine rings is 1. The van der Waals surface area contributed by atoms with E-state index in [0.717, 1.165) is 18.7 Å². The topological polar surface area (TPSA) is 63.2 Å². The lowest BCUT2D eigenvalue weighted by Crippen LogP contribution is -2.28. The number of amides is 1. The Balaban J connectivity index is 2.28. The Morgan fingerprint density at radius 2 is 2.21 bits per heavy atom. The summed E-state index contributed by atoms with van der Waals surface area (Å²) in [5.74, 6) is 0.507. The molecule has 1 amide bonds. The zero-order chi connectivity index (χ0) is 14.1. The minimum Gasteiger partial charge on any atom is -0.387 e. The Bertz CT molecular complexity index is 394. The third kappa shape index (κ3) is 5.70. The maximum atomic E-state index is 11.9. The van der Waals surface area contributed by atoms with Gasteiger partial charge in [0.25, 0.3) is 5.91 Å². The van der Waals surface area contributed by atoms with Gasteiger partial charge in [0.1, 0.15) is 0 Å². The van der Waals surface area contributed by atoms with Crippen molar-refractivity contribution in [1.82, 2.24) is 10.3 Å². The fraction of sp³-hybridized carbons (Fsp3) is 0.571.